The largest absolute Gasteiger partial charge is 0.259 e. The van der Waals surface area contributed by atoms with Crippen molar-refractivity contribution in [3.8, 4) is 10.6 Å². The van der Waals surface area contributed by atoms with Gasteiger partial charge in [0.05, 0.1) is 5.75 Å². The zero-order valence-electron chi connectivity index (χ0n) is 14.6. The molecule has 0 unspecified atom stereocenters. The van der Waals surface area contributed by atoms with Crippen LogP contribution >= 0.6 is 27.3 Å². The van der Waals surface area contributed by atoms with Crippen molar-refractivity contribution in [3.05, 3.63) is 34.1 Å². The van der Waals surface area contributed by atoms with Crippen LogP contribution in [0.4, 0.5) is 0 Å². The van der Waals surface area contributed by atoms with E-state index in [1.54, 1.807) is 6.92 Å². The number of nitrogens with one attached hydrogen (secondary N) is 1. The summed E-state index contributed by atoms with van der Waals surface area (Å²) in [5, 5.41) is 2.15. The molecule has 1 aromatic heterocycles. The molecule has 3 rings (SSSR count). The van der Waals surface area contributed by atoms with E-state index in [0.29, 0.717) is 30.9 Å². The highest BCUT2D eigenvalue weighted by Crippen LogP contribution is 2.27. The van der Waals surface area contributed by atoms with Crippen molar-refractivity contribution < 1.29 is 16.8 Å². The van der Waals surface area contributed by atoms with Gasteiger partial charge >= 0.3 is 0 Å². The first-order valence-corrected chi connectivity index (χ1v) is 13.2. The molecule has 1 aliphatic rings. The summed E-state index contributed by atoms with van der Waals surface area (Å²) in [6, 6.07) is 7.20. The Morgan fingerprint density at radius 2 is 1.81 bits per heavy atom. The van der Waals surface area contributed by atoms with Crippen LogP contribution in [0.5, 0.6) is 0 Å². The molecule has 0 aliphatic carbocycles. The number of hydrogen-bond acceptors (Lipinski definition) is 6. The van der Waals surface area contributed by atoms with Gasteiger partial charge in [0.1, 0.15) is 5.01 Å². The first-order valence-electron chi connectivity index (χ1n) is 8.43. The molecule has 1 saturated heterocycles. The van der Waals surface area contributed by atoms with Crippen LogP contribution in [0.1, 0.15) is 19.8 Å². The molecule has 0 amide bonds. The maximum atomic E-state index is 12.6. The second-order valence-corrected chi connectivity index (χ2v) is 11.9. The Morgan fingerprint density at radius 3 is 2.41 bits per heavy atom. The van der Waals surface area contributed by atoms with Gasteiger partial charge in [-0.05, 0) is 31.9 Å². The van der Waals surface area contributed by atoms with Gasteiger partial charge in [-0.25, -0.2) is 30.8 Å². The van der Waals surface area contributed by atoms with Gasteiger partial charge in [-0.1, -0.05) is 28.1 Å². The molecule has 1 fully saturated rings. The van der Waals surface area contributed by atoms with Crippen LogP contribution in [-0.4, -0.2) is 51.0 Å². The van der Waals surface area contributed by atoms with Gasteiger partial charge in [-0.3, -0.25) is 0 Å². The standard InChI is InChI=1S/C16H20BrN3O4S3/c1-2-26(21,22)20-9-7-14(8-10-20)19-27(23,24)15-11-25-16(18-15)12-3-5-13(17)6-4-12/h3-6,11,14,19H,2,7-10H2,1H3. The summed E-state index contributed by atoms with van der Waals surface area (Å²) < 4.78 is 54.1. The minimum absolute atomic E-state index is 0.00553. The Morgan fingerprint density at radius 1 is 1.19 bits per heavy atom. The van der Waals surface area contributed by atoms with E-state index in [0.717, 1.165) is 10.0 Å². The molecule has 0 atom stereocenters. The zero-order chi connectivity index (χ0) is 19.7. The summed E-state index contributed by atoms with van der Waals surface area (Å²) in [5.74, 6) is 0.0566. The minimum atomic E-state index is -3.74. The van der Waals surface area contributed by atoms with Crippen LogP contribution in [0.15, 0.2) is 39.1 Å². The molecule has 1 N–H and O–H groups in total. The summed E-state index contributed by atoms with van der Waals surface area (Å²) in [5.41, 5.74) is 0.850. The van der Waals surface area contributed by atoms with E-state index >= 15 is 0 Å². The SMILES string of the molecule is CCS(=O)(=O)N1CCC(NS(=O)(=O)c2csc(-c3ccc(Br)cc3)n2)CC1. The second kappa shape index (κ2) is 8.26. The molecule has 1 aliphatic heterocycles. The van der Waals surface area contributed by atoms with Crippen LogP contribution in [-0.2, 0) is 20.0 Å². The average Bonchev–Trinajstić information content (AvgIpc) is 3.13. The molecule has 1 aromatic carbocycles. The lowest BCUT2D eigenvalue weighted by Crippen LogP contribution is -2.46. The van der Waals surface area contributed by atoms with Crippen molar-refractivity contribution in [3.63, 3.8) is 0 Å². The van der Waals surface area contributed by atoms with Crippen molar-refractivity contribution in [2.24, 2.45) is 0 Å². The lowest BCUT2D eigenvalue weighted by molar-refractivity contribution is 0.309. The Kier molecular flexibility index (Phi) is 6.38. The third-order valence-electron chi connectivity index (χ3n) is 4.38. The number of benzene rings is 1. The molecule has 0 spiro atoms. The number of sulfonamides is 2. The van der Waals surface area contributed by atoms with Crippen molar-refractivity contribution in [2.45, 2.75) is 30.8 Å². The predicted molar refractivity (Wildman–Crippen MR) is 110 cm³/mol. The van der Waals surface area contributed by atoms with Crippen molar-refractivity contribution in [1.29, 1.82) is 0 Å². The first-order chi connectivity index (χ1) is 12.7. The van der Waals surface area contributed by atoms with Gasteiger partial charge in [0, 0.05) is 34.5 Å². The normalized spacial score (nSPS) is 17.3. The first kappa shape index (κ1) is 20.9. The number of rotatable bonds is 6. The third-order valence-corrected chi connectivity index (χ3v) is 9.24. The van der Waals surface area contributed by atoms with Crippen LogP contribution in [0.3, 0.4) is 0 Å². The Balaban J connectivity index is 1.67. The van der Waals surface area contributed by atoms with Crippen LogP contribution in [0.2, 0.25) is 0 Å². The summed E-state index contributed by atoms with van der Waals surface area (Å²) in [6.07, 6.45) is 0.893. The van der Waals surface area contributed by atoms with Crippen molar-refractivity contribution in [1.82, 2.24) is 14.0 Å². The molecule has 27 heavy (non-hydrogen) atoms. The van der Waals surface area contributed by atoms with Gasteiger partial charge in [-0.2, -0.15) is 0 Å². The van der Waals surface area contributed by atoms with Gasteiger partial charge in [0.25, 0.3) is 10.0 Å². The zero-order valence-corrected chi connectivity index (χ0v) is 18.7. The van der Waals surface area contributed by atoms with E-state index in [9.17, 15) is 16.8 Å². The van der Waals surface area contributed by atoms with Gasteiger partial charge < -0.3 is 0 Å². The maximum Gasteiger partial charge on any atom is 0.259 e. The highest BCUT2D eigenvalue weighted by molar-refractivity contribution is 9.10. The molecular formula is C16H20BrN3O4S3. The monoisotopic (exact) mass is 493 g/mol. The number of thiazole rings is 1. The maximum absolute atomic E-state index is 12.6. The van der Waals surface area contributed by atoms with E-state index in [1.807, 2.05) is 24.3 Å². The minimum Gasteiger partial charge on any atom is -0.223 e. The summed E-state index contributed by atoms with van der Waals surface area (Å²) >= 11 is 4.64. The average molecular weight is 494 g/mol. The molecule has 7 nitrogen and oxygen atoms in total. The number of aromatic nitrogens is 1. The fourth-order valence-electron chi connectivity index (χ4n) is 2.82. The number of hydrogen-bond donors (Lipinski definition) is 1. The highest BCUT2D eigenvalue weighted by atomic mass is 79.9. The van der Waals surface area contributed by atoms with Crippen LogP contribution in [0, 0.1) is 0 Å². The molecule has 0 saturated carbocycles. The van der Waals surface area contributed by atoms with Gasteiger partial charge in [-0.15, -0.1) is 11.3 Å². The summed E-state index contributed by atoms with van der Waals surface area (Å²) in [6.45, 7) is 2.25. The number of nitrogens with zero attached hydrogens (tertiary/aromatic N) is 2. The van der Waals surface area contributed by atoms with Crippen LogP contribution < -0.4 is 4.72 Å². The molecule has 148 valence electrons. The highest BCUT2D eigenvalue weighted by Gasteiger charge is 2.30. The van der Waals surface area contributed by atoms with Crippen molar-refractivity contribution in [2.75, 3.05) is 18.8 Å². The smallest absolute Gasteiger partial charge is 0.223 e. The Labute approximate surface area is 172 Å². The van der Waals surface area contributed by atoms with Crippen molar-refractivity contribution >= 4 is 47.3 Å². The number of piperidine rings is 1. The molecule has 0 bridgehead atoms. The van der Waals surface area contributed by atoms with Crippen LogP contribution in [0.25, 0.3) is 10.6 Å². The Hall–Kier alpha value is -0.850. The molecule has 2 heterocycles. The van der Waals surface area contributed by atoms with E-state index < -0.39 is 20.0 Å². The van der Waals surface area contributed by atoms with Gasteiger partial charge in [0.15, 0.2) is 5.03 Å². The summed E-state index contributed by atoms with van der Waals surface area (Å²) in [7, 11) is -6.97. The quantitative estimate of drug-likeness (QED) is 0.666. The van der Waals surface area contributed by atoms with E-state index in [-0.39, 0.29) is 16.8 Å². The predicted octanol–water partition coefficient (Wildman–Crippen LogP) is 2.67. The lowest BCUT2D eigenvalue weighted by atomic mass is 10.1. The topological polar surface area (TPSA) is 96.4 Å². The molecular weight excluding hydrogens is 474 g/mol. The molecule has 11 heteroatoms. The van der Waals surface area contributed by atoms with E-state index in [2.05, 4.69) is 25.6 Å². The summed E-state index contributed by atoms with van der Waals surface area (Å²) in [4.78, 5) is 4.26. The molecule has 0 radical (unpaired) electrons. The fourth-order valence-corrected chi connectivity index (χ4v) is 6.62. The van der Waals surface area contributed by atoms with E-state index in [4.69, 9.17) is 0 Å². The Bertz CT molecular complexity index is 996. The lowest BCUT2D eigenvalue weighted by Gasteiger charge is -2.30. The third kappa shape index (κ3) is 4.96. The van der Waals surface area contributed by atoms with E-state index in [1.165, 1.54) is 21.0 Å². The second-order valence-electron chi connectivity index (χ2n) is 6.19. The number of halogens is 1. The molecule has 2 aromatic rings. The fraction of sp³-hybridized carbons (Fsp3) is 0.438. The van der Waals surface area contributed by atoms with Gasteiger partial charge in [0.2, 0.25) is 10.0 Å².